The Hall–Kier alpha value is -1.42. The molecule has 1 amide bonds. The number of hydrogen-bond acceptors (Lipinski definition) is 3. The molecule has 0 radical (unpaired) electrons. The van der Waals surface area contributed by atoms with Crippen LogP contribution in [0.1, 0.15) is 26.3 Å². The van der Waals surface area contributed by atoms with Crippen LogP contribution in [0, 0.1) is 14.9 Å². The van der Waals surface area contributed by atoms with Gasteiger partial charge in [-0.15, -0.1) is 0 Å². The number of halogens is 1. The van der Waals surface area contributed by atoms with Gasteiger partial charge in [0.05, 0.1) is 11.1 Å². The van der Waals surface area contributed by atoms with Gasteiger partial charge in [-0.1, -0.05) is 0 Å². The molecule has 14 heavy (non-hydrogen) atoms. The van der Waals surface area contributed by atoms with E-state index in [4.69, 9.17) is 11.0 Å². The van der Waals surface area contributed by atoms with Crippen molar-refractivity contribution in [2.24, 2.45) is 5.73 Å². The number of amides is 1. The molecule has 0 aromatic heterocycles. The van der Waals surface area contributed by atoms with Gasteiger partial charge < -0.3 is 5.73 Å². The lowest BCUT2D eigenvalue weighted by atomic mass is 10.0. The zero-order valence-corrected chi connectivity index (χ0v) is 9.11. The van der Waals surface area contributed by atoms with Gasteiger partial charge in [-0.2, -0.15) is 5.26 Å². The number of aldehydes is 1. The van der Waals surface area contributed by atoms with Crippen LogP contribution in [0.3, 0.4) is 0 Å². The van der Waals surface area contributed by atoms with Crippen LogP contribution >= 0.6 is 22.6 Å². The second kappa shape index (κ2) is 4.19. The molecule has 0 fully saturated rings. The number of nitrogens with zero attached hydrogens (tertiary/aromatic N) is 1. The standard InChI is InChI=1S/C9H5IN2O2/c10-8-2-1-5(9(12)14)7(4-13)6(8)3-11/h1-2,4H,(H2,12,14). The van der Waals surface area contributed by atoms with Gasteiger partial charge in [0.15, 0.2) is 6.29 Å². The summed E-state index contributed by atoms with van der Waals surface area (Å²) in [6, 6.07) is 4.88. The summed E-state index contributed by atoms with van der Waals surface area (Å²) in [4.78, 5) is 21.6. The molecule has 5 heteroatoms. The number of nitrogens with two attached hydrogens (primary N) is 1. The van der Waals surface area contributed by atoms with Gasteiger partial charge in [0.25, 0.3) is 0 Å². The van der Waals surface area contributed by atoms with E-state index in [2.05, 4.69) is 0 Å². The normalized spacial score (nSPS) is 9.14. The second-order valence-electron chi connectivity index (χ2n) is 2.48. The van der Waals surface area contributed by atoms with Crippen LogP contribution in [-0.2, 0) is 0 Å². The van der Waals surface area contributed by atoms with E-state index in [-0.39, 0.29) is 16.7 Å². The van der Waals surface area contributed by atoms with Gasteiger partial charge in [0.2, 0.25) is 5.91 Å². The van der Waals surface area contributed by atoms with Crippen molar-refractivity contribution in [1.29, 1.82) is 5.26 Å². The van der Waals surface area contributed by atoms with Gasteiger partial charge in [-0.3, -0.25) is 9.59 Å². The number of rotatable bonds is 2. The van der Waals surface area contributed by atoms with E-state index in [0.717, 1.165) is 0 Å². The minimum absolute atomic E-state index is 0.0619. The van der Waals surface area contributed by atoms with E-state index in [1.54, 1.807) is 6.07 Å². The third kappa shape index (κ3) is 1.75. The highest BCUT2D eigenvalue weighted by atomic mass is 127. The fraction of sp³-hybridized carbons (Fsp3) is 0. The van der Waals surface area contributed by atoms with E-state index in [1.807, 2.05) is 28.7 Å². The van der Waals surface area contributed by atoms with Crippen LogP contribution < -0.4 is 5.73 Å². The highest BCUT2D eigenvalue weighted by Gasteiger charge is 2.14. The number of hydrogen-bond donors (Lipinski definition) is 1. The van der Waals surface area contributed by atoms with Crippen LogP contribution in [0.2, 0.25) is 0 Å². The van der Waals surface area contributed by atoms with Crippen LogP contribution in [0.25, 0.3) is 0 Å². The van der Waals surface area contributed by atoms with Crippen molar-refractivity contribution in [2.45, 2.75) is 0 Å². The average Bonchev–Trinajstić information content (AvgIpc) is 2.16. The molecule has 0 spiro atoms. The molecule has 2 N–H and O–H groups in total. The predicted molar refractivity (Wildman–Crippen MR) is 57.8 cm³/mol. The van der Waals surface area contributed by atoms with Gasteiger partial charge in [0, 0.05) is 9.13 Å². The third-order valence-corrected chi connectivity index (χ3v) is 2.59. The molecule has 0 aliphatic heterocycles. The lowest BCUT2D eigenvalue weighted by molar-refractivity contribution is 0.0993. The Morgan fingerprint density at radius 1 is 1.57 bits per heavy atom. The summed E-state index contributed by atoms with van der Waals surface area (Å²) in [5, 5.41) is 8.77. The summed E-state index contributed by atoms with van der Waals surface area (Å²) >= 11 is 1.92. The number of benzene rings is 1. The molecule has 1 aromatic carbocycles. The van der Waals surface area contributed by atoms with Gasteiger partial charge in [-0.05, 0) is 34.7 Å². The molecule has 0 aliphatic carbocycles. The van der Waals surface area contributed by atoms with Crippen molar-refractivity contribution in [3.63, 3.8) is 0 Å². The molecule has 0 atom stereocenters. The van der Waals surface area contributed by atoms with Crippen LogP contribution in [-0.4, -0.2) is 12.2 Å². The molecule has 70 valence electrons. The van der Waals surface area contributed by atoms with E-state index >= 15 is 0 Å². The SMILES string of the molecule is N#Cc1c(I)ccc(C(N)=O)c1C=O. The monoisotopic (exact) mass is 300 g/mol. The van der Waals surface area contributed by atoms with Gasteiger partial charge in [0.1, 0.15) is 6.07 Å². The Labute approximate surface area is 93.8 Å². The molecule has 0 saturated carbocycles. The van der Waals surface area contributed by atoms with Crippen molar-refractivity contribution in [3.8, 4) is 6.07 Å². The zero-order chi connectivity index (χ0) is 10.7. The first kappa shape index (κ1) is 10.7. The largest absolute Gasteiger partial charge is 0.366 e. The van der Waals surface area contributed by atoms with Crippen molar-refractivity contribution in [3.05, 3.63) is 32.4 Å². The quantitative estimate of drug-likeness (QED) is 0.655. The maximum atomic E-state index is 10.9. The molecule has 4 nitrogen and oxygen atoms in total. The zero-order valence-electron chi connectivity index (χ0n) is 6.95. The molecule has 0 heterocycles. The van der Waals surface area contributed by atoms with Crippen LogP contribution in [0.5, 0.6) is 0 Å². The average molecular weight is 300 g/mol. The number of primary amides is 1. The number of nitriles is 1. The van der Waals surface area contributed by atoms with Gasteiger partial charge >= 0.3 is 0 Å². The first-order valence-corrected chi connectivity index (χ1v) is 4.67. The minimum Gasteiger partial charge on any atom is -0.366 e. The van der Waals surface area contributed by atoms with Gasteiger partial charge in [-0.25, -0.2) is 0 Å². The Morgan fingerprint density at radius 3 is 2.64 bits per heavy atom. The first-order valence-electron chi connectivity index (χ1n) is 3.59. The molecular weight excluding hydrogens is 295 g/mol. The summed E-state index contributed by atoms with van der Waals surface area (Å²) in [6.07, 6.45) is 0.473. The molecule has 0 unspecified atom stereocenters. The lowest BCUT2D eigenvalue weighted by Gasteiger charge is -2.03. The third-order valence-electron chi connectivity index (χ3n) is 1.69. The maximum Gasteiger partial charge on any atom is 0.249 e. The molecule has 0 aliphatic rings. The van der Waals surface area contributed by atoms with E-state index in [9.17, 15) is 9.59 Å². The topological polar surface area (TPSA) is 83.9 Å². The summed E-state index contributed by atoms with van der Waals surface area (Å²) < 4.78 is 0.622. The number of carbonyl (C=O) groups is 2. The summed E-state index contributed by atoms with van der Waals surface area (Å²) in [6.45, 7) is 0. The smallest absolute Gasteiger partial charge is 0.249 e. The summed E-state index contributed by atoms with van der Waals surface area (Å²) in [7, 11) is 0. The predicted octanol–water partition coefficient (Wildman–Crippen LogP) is 1.07. The minimum atomic E-state index is -0.708. The molecule has 0 saturated heterocycles. The van der Waals surface area contributed by atoms with Crippen molar-refractivity contribution >= 4 is 34.8 Å². The molecule has 1 rings (SSSR count). The lowest BCUT2D eigenvalue weighted by Crippen LogP contribution is -2.15. The Kier molecular flexibility index (Phi) is 3.19. The Balaban J connectivity index is 3.58. The summed E-state index contributed by atoms with van der Waals surface area (Å²) in [5.74, 6) is -0.708. The van der Waals surface area contributed by atoms with Crippen LogP contribution in [0.4, 0.5) is 0 Å². The van der Waals surface area contributed by atoms with Crippen molar-refractivity contribution in [1.82, 2.24) is 0 Å². The summed E-state index contributed by atoms with van der Waals surface area (Å²) in [5.41, 5.74) is 5.39. The highest BCUT2D eigenvalue weighted by Crippen LogP contribution is 2.18. The van der Waals surface area contributed by atoms with Crippen LogP contribution in [0.15, 0.2) is 12.1 Å². The number of carbonyl (C=O) groups excluding carboxylic acids is 2. The van der Waals surface area contributed by atoms with E-state index in [1.165, 1.54) is 6.07 Å². The van der Waals surface area contributed by atoms with Crippen molar-refractivity contribution < 1.29 is 9.59 Å². The second-order valence-corrected chi connectivity index (χ2v) is 3.64. The first-order chi connectivity index (χ1) is 6.61. The fourth-order valence-corrected chi connectivity index (χ4v) is 1.63. The maximum absolute atomic E-state index is 10.9. The highest BCUT2D eigenvalue weighted by molar-refractivity contribution is 14.1. The molecular formula is C9H5IN2O2. The molecule has 0 bridgehead atoms. The van der Waals surface area contributed by atoms with E-state index in [0.29, 0.717) is 9.86 Å². The van der Waals surface area contributed by atoms with E-state index < -0.39 is 5.91 Å². The van der Waals surface area contributed by atoms with Crippen molar-refractivity contribution in [2.75, 3.05) is 0 Å². The Morgan fingerprint density at radius 2 is 2.21 bits per heavy atom. The fourth-order valence-electron chi connectivity index (χ4n) is 1.04. The Bertz CT molecular complexity index is 449. The molecule has 1 aromatic rings.